The SMILES string of the molecule is Cc1ccc(Oc2ncnc3c2oc2ccccc23)c(Br)n1. The maximum Gasteiger partial charge on any atom is 0.267 e. The van der Waals surface area contributed by atoms with Gasteiger partial charge in [-0.2, -0.15) is 4.98 Å². The number of ether oxygens (including phenoxy) is 1. The van der Waals surface area contributed by atoms with Gasteiger partial charge in [0.1, 0.15) is 22.0 Å². The van der Waals surface area contributed by atoms with Gasteiger partial charge in [0, 0.05) is 11.1 Å². The summed E-state index contributed by atoms with van der Waals surface area (Å²) in [4.78, 5) is 12.8. The molecule has 0 aliphatic heterocycles. The lowest BCUT2D eigenvalue weighted by Gasteiger charge is -2.06. The van der Waals surface area contributed by atoms with Crippen molar-refractivity contribution in [3.8, 4) is 11.6 Å². The third-order valence-electron chi connectivity index (χ3n) is 3.29. The van der Waals surface area contributed by atoms with Crippen LogP contribution >= 0.6 is 15.9 Å². The van der Waals surface area contributed by atoms with E-state index in [-0.39, 0.29) is 0 Å². The summed E-state index contributed by atoms with van der Waals surface area (Å²) in [5, 5.41) is 0.936. The second-order valence-corrected chi connectivity index (χ2v) is 5.55. The topological polar surface area (TPSA) is 61.0 Å². The Hall–Kier alpha value is -2.47. The van der Waals surface area contributed by atoms with Crippen molar-refractivity contribution in [3.63, 3.8) is 0 Å². The highest BCUT2D eigenvalue weighted by Gasteiger charge is 2.15. The molecule has 0 fully saturated rings. The van der Waals surface area contributed by atoms with Gasteiger partial charge in [0.15, 0.2) is 5.75 Å². The number of halogens is 1. The van der Waals surface area contributed by atoms with Crippen molar-refractivity contribution in [2.45, 2.75) is 6.92 Å². The normalized spacial score (nSPS) is 11.2. The highest BCUT2D eigenvalue weighted by Crippen LogP contribution is 2.35. The van der Waals surface area contributed by atoms with Crippen molar-refractivity contribution < 1.29 is 9.15 Å². The predicted octanol–water partition coefficient (Wildman–Crippen LogP) is 4.63. The van der Waals surface area contributed by atoms with Crippen LogP contribution in [0, 0.1) is 6.92 Å². The van der Waals surface area contributed by atoms with Gasteiger partial charge in [0.05, 0.1) is 0 Å². The predicted molar refractivity (Wildman–Crippen MR) is 86.1 cm³/mol. The summed E-state index contributed by atoms with van der Waals surface area (Å²) >= 11 is 3.39. The lowest BCUT2D eigenvalue weighted by molar-refractivity contribution is 0.451. The fourth-order valence-electron chi connectivity index (χ4n) is 2.27. The summed E-state index contributed by atoms with van der Waals surface area (Å²) in [6, 6.07) is 11.4. The van der Waals surface area contributed by atoms with Gasteiger partial charge < -0.3 is 9.15 Å². The van der Waals surface area contributed by atoms with E-state index in [4.69, 9.17) is 9.15 Å². The van der Waals surface area contributed by atoms with Crippen molar-refractivity contribution in [2.24, 2.45) is 0 Å². The minimum atomic E-state index is 0.368. The van der Waals surface area contributed by atoms with Gasteiger partial charge in [-0.3, -0.25) is 0 Å². The molecular weight excluding hydrogens is 346 g/mol. The molecule has 108 valence electrons. The van der Waals surface area contributed by atoms with E-state index in [0.717, 1.165) is 22.2 Å². The maximum absolute atomic E-state index is 5.85. The molecule has 0 aliphatic carbocycles. The second kappa shape index (κ2) is 5.06. The first-order chi connectivity index (χ1) is 10.7. The first-order valence-electron chi connectivity index (χ1n) is 6.65. The maximum atomic E-state index is 5.85. The molecule has 22 heavy (non-hydrogen) atoms. The van der Waals surface area contributed by atoms with Crippen molar-refractivity contribution >= 4 is 38.0 Å². The first kappa shape index (κ1) is 13.2. The van der Waals surface area contributed by atoms with Gasteiger partial charge in [-0.1, -0.05) is 12.1 Å². The Morgan fingerprint density at radius 1 is 1.09 bits per heavy atom. The van der Waals surface area contributed by atoms with Crippen LogP contribution in [0.3, 0.4) is 0 Å². The van der Waals surface area contributed by atoms with Gasteiger partial charge in [-0.15, -0.1) is 0 Å². The molecule has 4 aromatic rings. The van der Waals surface area contributed by atoms with Crippen molar-refractivity contribution in [1.29, 1.82) is 0 Å². The number of para-hydroxylation sites is 1. The molecule has 6 heteroatoms. The number of fused-ring (bicyclic) bond motifs is 3. The zero-order valence-electron chi connectivity index (χ0n) is 11.6. The van der Waals surface area contributed by atoms with Crippen LogP contribution in [-0.2, 0) is 0 Å². The smallest absolute Gasteiger partial charge is 0.267 e. The highest BCUT2D eigenvalue weighted by molar-refractivity contribution is 9.10. The number of hydrogen-bond donors (Lipinski definition) is 0. The summed E-state index contributed by atoms with van der Waals surface area (Å²) in [7, 11) is 0. The molecule has 0 saturated heterocycles. The van der Waals surface area contributed by atoms with Crippen molar-refractivity contribution in [2.75, 3.05) is 0 Å². The number of benzene rings is 1. The van der Waals surface area contributed by atoms with Gasteiger partial charge in [0.25, 0.3) is 5.88 Å². The van der Waals surface area contributed by atoms with Gasteiger partial charge in [0.2, 0.25) is 5.58 Å². The summed E-state index contributed by atoms with van der Waals surface area (Å²) in [6.07, 6.45) is 1.47. The molecule has 0 amide bonds. The molecule has 4 rings (SSSR count). The molecular formula is C16H10BrN3O2. The number of hydrogen-bond acceptors (Lipinski definition) is 5. The largest absolute Gasteiger partial charge is 0.449 e. The fraction of sp³-hybridized carbons (Fsp3) is 0.0625. The Bertz CT molecular complexity index is 997. The minimum absolute atomic E-state index is 0.368. The number of furan rings is 1. The summed E-state index contributed by atoms with van der Waals surface area (Å²) in [5.41, 5.74) is 2.91. The fourth-order valence-corrected chi connectivity index (χ4v) is 2.76. The lowest BCUT2D eigenvalue weighted by Crippen LogP contribution is -1.92. The molecule has 0 atom stereocenters. The minimum Gasteiger partial charge on any atom is -0.449 e. The van der Waals surface area contributed by atoms with Gasteiger partial charge in [-0.05, 0) is 47.1 Å². The Morgan fingerprint density at radius 2 is 1.95 bits per heavy atom. The summed E-state index contributed by atoms with van der Waals surface area (Å²) in [5.74, 6) is 0.943. The van der Waals surface area contributed by atoms with E-state index in [2.05, 4.69) is 30.9 Å². The zero-order valence-corrected chi connectivity index (χ0v) is 13.2. The molecule has 5 nitrogen and oxygen atoms in total. The molecule has 3 aromatic heterocycles. The van der Waals surface area contributed by atoms with Gasteiger partial charge in [-0.25, -0.2) is 9.97 Å². The van der Waals surface area contributed by atoms with Crippen LogP contribution < -0.4 is 4.74 Å². The third-order valence-corrected chi connectivity index (χ3v) is 3.85. The quantitative estimate of drug-likeness (QED) is 0.490. The summed E-state index contributed by atoms with van der Waals surface area (Å²) in [6.45, 7) is 1.91. The van der Waals surface area contributed by atoms with Crippen LogP contribution in [0.25, 0.3) is 22.1 Å². The molecule has 3 heterocycles. The Morgan fingerprint density at radius 3 is 2.82 bits per heavy atom. The Kier molecular flexibility index (Phi) is 3.04. The lowest BCUT2D eigenvalue weighted by atomic mass is 10.2. The number of aryl methyl sites for hydroxylation is 1. The Balaban J connectivity index is 1.88. The van der Waals surface area contributed by atoms with E-state index in [1.54, 1.807) is 0 Å². The number of aromatic nitrogens is 3. The van der Waals surface area contributed by atoms with Crippen LogP contribution in [0.15, 0.2) is 51.7 Å². The molecule has 0 spiro atoms. The number of rotatable bonds is 2. The van der Waals surface area contributed by atoms with Crippen LogP contribution in [0.1, 0.15) is 5.69 Å². The van der Waals surface area contributed by atoms with E-state index in [1.165, 1.54) is 6.33 Å². The third kappa shape index (κ3) is 2.12. The van der Waals surface area contributed by atoms with E-state index >= 15 is 0 Å². The van der Waals surface area contributed by atoms with Crippen LogP contribution in [0.4, 0.5) is 0 Å². The average Bonchev–Trinajstić information content (AvgIpc) is 2.90. The van der Waals surface area contributed by atoms with Crippen LogP contribution in [0.2, 0.25) is 0 Å². The Labute approximate surface area is 134 Å². The second-order valence-electron chi connectivity index (χ2n) is 4.80. The van der Waals surface area contributed by atoms with Crippen molar-refractivity contribution in [3.05, 3.63) is 53.0 Å². The van der Waals surface area contributed by atoms with E-state index in [0.29, 0.717) is 21.8 Å². The van der Waals surface area contributed by atoms with Crippen LogP contribution in [-0.4, -0.2) is 15.0 Å². The zero-order chi connectivity index (χ0) is 15.1. The van der Waals surface area contributed by atoms with E-state index < -0.39 is 0 Å². The standard InChI is InChI=1S/C16H10BrN3O2/c1-9-6-7-12(15(17)20-9)22-16-14-13(18-8-19-16)10-4-2-3-5-11(10)21-14/h2-8H,1H3. The number of pyridine rings is 1. The number of nitrogens with zero attached hydrogens (tertiary/aromatic N) is 3. The first-order valence-corrected chi connectivity index (χ1v) is 7.45. The van der Waals surface area contributed by atoms with Crippen molar-refractivity contribution in [1.82, 2.24) is 15.0 Å². The average molecular weight is 356 g/mol. The molecule has 0 saturated carbocycles. The van der Waals surface area contributed by atoms with Gasteiger partial charge >= 0.3 is 0 Å². The van der Waals surface area contributed by atoms with Crippen LogP contribution in [0.5, 0.6) is 11.6 Å². The molecule has 0 unspecified atom stereocenters. The monoisotopic (exact) mass is 355 g/mol. The molecule has 0 bridgehead atoms. The molecule has 1 aromatic carbocycles. The van der Waals surface area contributed by atoms with E-state index in [9.17, 15) is 0 Å². The summed E-state index contributed by atoms with van der Waals surface area (Å²) < 4.78 is 12.3. The molecule has 0 N–H and O–H groups in total. The van der Waals surface area contributed by atoms with E-state index in [1.807, 2.05) is 43.3 Å². The molecule has 0 radical (unpaired) electrons. The molecule has 0 aliphatic rings. The highest BCUT2D eigenvalue weighted by atomic mass is 79.9.